The van der Waals surface area contributed by atoms with Gasteiger partial charge in [0.25, 0.3) is 5.91 Å². The van der Waals surface area contributed by atoms with Crippen LogP contribution in [-0.2, 0) is 30.4 Å². The molecular formula is C28H24ClF4NO4. The zero-order valence-electron chi connectivity index (χ0n) is 20.3. The maximum Gasteiger partial charge on any atom is 0.416 e. The first-order chi connectivity index (χ1) is 17.8. The van der Waals surface area contributed by atoms with E-state index in [1.54, 1.807) is 30.3 Å². The molecule has 1 atom stereocenters. The number of carbonyl (C=O) groups excluding carboxylic acids is 1. The SMILES string of the molecule is CC1(Cc2ccc(F)c(Cl)c2)Cc2cc(C(=O)N(CCC(=O)O)Cc3ccc(C(F)(F)F)cc3)ccc2O1. The summed E-state index contributed by atoms with van der Waals surface area (Å²) in [6.07, 6.45) is -3.89. The van der Waals surface area contributed by atoms with E-state index in [1.807, 2.05) is 6.92 Å². The number of carboxylic acids is 1. The number of rotatable bonds is 8. The second-order valence-electron chi connectivity index (χ2n) is 9.54. The van der Waals surface area contributed by atoms with Gasteiger partial charge in [-0.25, -0.2) is 4.39 Å². The molecule has 0 saturated carbocycles. The summed E-state index contributed by atoms with van der Waals surface area (Å²) in [7, 11) is 0. The van der Waals surface area contributed by atoms with E-state index in [0.29, 0.717) is 29.7 Å². The lowest BCUT2D eigenvalue weighted by Gasteiger charge is -2.24. The number of ether oxygens (including phenoxy) is 1. The van der Waals surface area contributed by atoms with E-state index in [1.165, 1.54) is 23.1 Å². The molecule has 0 fully saturated rings. The molecule has 3 aromatic rings. The van der Waals surface area contributed by atoms with Crippen molar-refractivity contribution < 1.29 is 37.0 Å². The molecule has 4 rings (SSSR count). The predicted octanol–water partition coefficient (Wildman–Crippen LogP) is 6.55. The number of halogens is 5. The number of carboxylic acid groups (broad SMARTS) is 1. The van der Waals surface area contributed by atoms with Gasteiger partial charge in [0.05, 0.1) is 17.0 Å². The molecule has 0 radical (unpaired) electrons. The molecule has 5 nitrogen and oxygen atoms in total. The van der Waals surface area contributed by atoms with E-state index in [2.05, 4.69) is 0 Å². The lowest BCUT2D eigenvalue weighted by molar-refractivity contribution is -0.138. The monoisotopic (exact) mass is 549 g/mol. The first kappa shape index (κ1) is 27.4. The van der Waals surface area contributed by atoms with Crippen molar-refractivity contribution in [3.8, 4) is 5.75 Å². The molecule has 1 heterocycles. The van der Waals surface area contributed by atoms with E-state index < -0.39 is 35.0 Å². The summed E-state index contributed by atoms with van der Waals surface area (Å²) in [6, 6.07) is 13.8. The van der Waals surface area contributed by atoms with Crippen molar-refractivity contribution in [2.75, 3.05) is 6.54 Å². The number of hydrogen-bond acceptors (Lipinski definition) is 3. The number of amides is 1. The maximum absolute atomic E-state index is 13.5. The minimum absolute atomic E-state index is 0.0176. The summed E-state index contributed by atoms with van der Waals surface area (Å²) in [5.41, 5.74) is 0.840. The molecule has 0 spiro atoms. The summed E-state index contributed by atoms with van der Waals surface area (Å²) in [6.45, 7) is 1.72. The lowest BCUT2D eigenvalue weighted by Crippen LogP contribution is -2.33. The number of nitrogens with zero attached hydrogens (tertiary/aromatic N) is 1. The molecule has 0 aromatic heterocycles. The number of fused-ring (bicyclic) bond motifs is 1. The van der Waals surface area contributed by atoms with Gasteiger partial charge in [0.15, 0.2) is 0 Å². The number of aliphatic carboxylic acids is 1. The summed E-state index contributed by atoms with van der Waals surface area (Å²) < 4.78 is 58.4. The van der Waals surface area contributed by atoms with Crippen molar-refractivity contribution in [1.29, 1.82) is 0 Å². The Balaban J connectivity index is 1.52. The maximum atomic E-state index is 13.5. The summed E-state index contributed by atoms with van der Waals surface area (Å²) in [4.78, 5) is 25.8. The van der Waals surface area contributed by atoms with Gasteiger partial charge in [-0.15, -0.1) is 0 Å². The zero-order chi connectivity index (χ0) is 27.7. The minimum Gasteiger partial charge on any atom is -0.487 e. The van der Waals surface area contributed by atoms with Crippen molar-refractivity contribution in [3.05, 3.63) is 99.3 Å². The second-order valence-corrected chi connectivity index (χ2v) is 9.95. The minimum atomic E-state index is -4.48. The highest BCUT2D eigenvalue weighted by Crippen LogP contribution is 2.38. The average molecular weight is 550 g/mol. The molecule has 1 N–H and O–H groups in total. The van der Waals surface area contributed by atoms with Crippen LogP contribution in [0.4, 0.5) is 17.6 Å². The molecule has 38 heavy (non-hydrogen) atoms. The Morgan fingerprint density at radius 1 is 1.05 bits per heavy atom. The van der Waals surface area contributed by atoms with Gasteiger partial charge in [0.1, 0.15) is 17.2 Å². The Hall–Kier alpha value is -3.59. The van der Waals surface area contributed by atoms with E-state index in [-0.39, 0.29) is 24.5 Å². The van der Waals surface area contributed by atoms with Crippen LogP contribution in [0.1, 0.15) is 46.0 Å². The van der Waals surface area contributed by atoms with Crippen LogP contribution in [0.5, 0.6) is 5.75 Å². The molecule has 1 aliphatic rings. The first-order valence-electron chi connectivity index (χ1n) is 11.8. The molecule has 1 amide bonds. The molecule has 0 saturated heterocycles. The quantitative estimate of drug-likeness (QED) is 0.324. The topological polar surface area (TPSA) is 66.8 Å². The average Bonchev–Trinajstić information content (AvgIpc) is 3.18. The summed E-state index contributed by atoms with van der Waals surface area (Å²) in [5, 5.41) is 9.15. The van der Waals surface area contributed by atoms with Crippen LogP contribution in [-0.4, -0.2) is 34.0 Å². The molecule has 0 aliphatic carbocycles. The third kappa shape index (κ3) is 6.45. The third-order valence-electron chi connectivity index (χ3n) is 6.33. The predicted molar refractivity (Wildman–Crippen MR) is 133 cm³/mol. The van der Waals surface area contributed by atoms with Crippen molar-refractivity contribution in [2.45, 2.75) is 44.5 Å². The van der Waals surface area contributed by atoms with Gasteiger partial charge in [0.2, 0.25) is 0 Å². The van der Waals surface area contributed by atoms with E-state index in [0.717, 1.165) is 23.3 Å². The fraction of sp³-hybridized carbons (Fsp3) is 0.286. The van der Waals surface area contributed by atoms with Gasteiger partial charge in [0, 0.05) is 31.5 Å². The van der Waals surface area contributed by atoms with Crippen LogP contribution in [0.15, 0.2) is 60.7 Å². The molecular weight excluding hydrogens is 526 g/mol. The van der Waals surface area contributed by atoms with Crippen LogP contribution < -0.4 is 4.74 Å². The molecule has 10 heteroatoms. The summed E-state index contributed by atoms with van der Waals surface area (Å²) >= 11 is 5.91. The van der Waals surface area contributed by atoms with Gasteiger partial charge in [-0.3, -0.25) is 9.59 Å². The number of alkyl halides is 3. The number of benzene rings is 3. The van der Waals surface area contributed by atoms with Crippen molar-refractivity contribution in [1.82, 2.24) is 4.90 Å². The fourth-order valence-electron chi connectivity index (χ4n) is 4.52. The normalized spacial score (nSPS) is 16.6. The lowest BCUT2D eigenvalue weighted by atomic mass is 9.91. The fourth-order valence-corrected chi connectivity index (χ4v) is 4.72. The highest BCUT2D eigenvalue weighted by Gasteiger charge is 2.36. The van der Waals surface area contributed by atoms with Crippen LogP contribution in [0.2, 0.25) is 5.02 Å². The van der Waals surface area contributed by atoms with Gasteiger partial charge in [-0.1, -0.05) is 29.8 Å². The van der Waals surface area contributed by atoms with Crippen molar-refractivity contribution in [2.24, 2.45) is 0 Å². The Morgan fingerprint density at radius 3 is 2.37 bits per heavy atom. The highest BCUT2D eigenvalue weighted by molar-refractivity contribution is 6.30. The van der Waals surface area contributed by atoms with Crippen LogP contribution in [0, 0.1) is 5.82 Å². The number of carbonyl (C=O) groups is 2. The third-order valence-corrected chi connectivity index (χ3v) is 6.62. The van der Waals surface area contributed by atoms with E-state index >= 15 is 0 Å². The Kier molecular flexibility index (Phi) is 7.69. The van der Waals surface area contributed by atoms with Crippen LogP contribution >= 0.6 is 11.6 Å². The van der Waals surface area contributed by atoms with Crippen molar-refractivity contribution in [3.63, 3.8) is 0 Å². The Morgan fingerprint density at radius 2 is 1.74 bits per heavy atom. The summed E-state index contributed by atoms with van der Waals surface area (Å²) in [5.74, 6) is -1.47. The molecule has 1 aliphatic heterocycles. The van der Waals surface area contributed by atoms with Gasteiger partial charge in [-0.05, 0) is 66.1 Å². The first-order valence-corrected chi connectivity index (χ1v) is 12.1. The van der Waals surface area contributed by atoms with Crippen LogP contribution in [0.25, 0.3) is 0 Å². The number of hydrogen-bond donors (Lipinski definition) is 1. The Labute approximate surface area is 221 Å². The second kappa shape index (κ2) is 10.6. The van der Waals surface area contributed by atoms with Crippen LogP contribution in [0.3, 0.4) is 0 Å². The van der Waals surface area contributed by atoms with Gasteiger partial charge < -0.3 is 14.7 Å². The smallest absolute Gasteiger partial charge is 0.416 e. The molecule has 1 unspecified atom stereocenters. The van der Waals surface area contributed by atoms with Gasteiger partial charge in [-0.2, -0.15) is 13.2 Å². The zero-order valence-corrected chi connectivity index (χ0v) is 21.1. The highest BCUT2D eigenvalue weighted by atomic mass is 35.5. The standard InChI is InChI=1S/C28H24ClF4NO4/c1-27(14-18-4-8-23(30)22(29)12-18)15-20-13-19(5-9-24(20)38-27)26(37)34(11-10-25(35)36)16-17-2-6-21(7-3-17)28(31,32)33/h2-9,12-13H,10-11,14-16H2,1H3,(H,35,36). The van der Waals surface area contributed by atoms with Gasteiger partial charge >= 0.3 is 12.1 Å². The Bertz CT molecular complexity index is 1360. The molecule has 200 valence electrons. The van der Waals surface area contributed by atoms with E-state index in [9.17, 15) is 27.2 Å². The van der Waals surface area contributed by atoms with Crippen molar-refractivity contribution >= 4 is 23.5 Å². The van der Waals surface area contributed by atoms with E-state index in [4.69, 9.17) is 21.4 Å². The molecule has 0 bridgehead atoms. The largest absolute Gasteiger partial charge is 0.487 e. The molecule has 3 aromatic carbocycles.